The molecule has 9 nitrogen and oxygen atoms in total. The van der Waals surface area contributed by atoms with Crippen molar-refractivity contribution in [3.63, 3.8) is 0 Å². The van der Waals surface area contributed by atoms with E-state index < -0.39 is 65.5 Å². The number of carbonyl (C=O) groups excluding carboxylic acids is 2. The van der Waals surface area contributed by atoms with Gasteiger partial charge in [0.25, 0.3) is 0 Å². The van der Waals surface area contributed by atoms with Crippen LogP contribution in [-0.4, -0.2) is 66.5 Å². The number of hydrogen-bond acceptors (Lipinski definition) is 6. The van der Waals surface area contributed by atoms with Gasteiger partial charge in [0.2, 0.25) is 5.92 Å². The molecule has 1 aliphatic heterocycles. The number of alkyl halides is 5. The van der Waals surface area contributed by atoms with Crippen molar-refractivity contribution in [2.45, 2.75) is 70.4 Å². The van der Waals surface area contributed by atoms with E-state index in [-0.39, 0.29) is 61.0 Å². The molecule has 2 N–H and O–H groups in total. The summed E-state index contributed by atoms with van der Waals surface area (Å²) in [6, 6.07) is 8.28. The van der Waals surface area contributed by atoms with E-state index in [0.29, 0.717) is 5.56 Å². The van der Waals surface area contributed by atoms with E-state index in [1.165, 1.54) is 20.8 Å². The second-order valence-electron chi connectivity index (χ2n) is 12.1. The Kier molecular flexibility index (Phi) is 9.61. The highest BCUT2D eigenvalue weighted by atomic mass is 19.4. The molecule has 1 atom stereocenters. The summed E-state index contributed by atoms with van der Waals surface area (Å²) in [6.45, 7) is 2.80. The van der Waals surface area contributed by atoms with Gasteiger partial charge in [-0.3, -0.25) is 19.4 Å². The summed E-state index contributed by atoms with van der Waals surface area (Å²) >= 11 is 0. The maximum atomic E-state index is 16.4. The summed E-state index contributed by atoms with van der Waals surface area (Å²) in [5.74, 6) is -8.92. The van der Waals surface area contributed by atoms with Gasteiger partial charge in [-0.25, -0.2) is 18.0 Å². The molecule has 2 amide bonds. The number of anilines is 2. The van der Waals surface area contributed by atoms with Gasteiger partial charge in [0.1, 0.15) is 30.2 Å². The Morgan fingerprint density at radius 3 is 2.29 bits per heavy atom. The average Bonchev–Trinajstić information content (AvgIpc) is 3.27. The summed E-state index contributed by atoms with van der Waals surface area (Å²) < 4.78 is 95.2. The van der Waals surface area contributed by atoms with Crippen LogP contribution in [0.15, 0.2) is 36.4 Å². The predicted octanol–water partition coefficient (Wildman–Crippen LogP) is 5.69. The smallest absolute Gasteiger partial charge is 0.471 e. The molecule has 0 spiro atoms. The molecular formula is C30H33F6N3O6. The lowest BCUT2D eigenvalue weighted by molar-refractivity contribution is -0.171. The molecule has 4 rings (SSSR count). The number of nitrogens with zero attached hydrogens (tertiary/aromatic N) is 2. The topological polar surface area (TPSA) is 108 Å². The third-order valence-electron chi connectivity index (χ3n) is 7.24. The lowest BCUT2D eigenvalue weighted by atomic mass is 9.81. The monoisotopic (exact) mass is 645 g/mol. The van der Waals surface area contributed by atoms with Gasteiger partial charge in [0, 0.05) is 31.0 Å². The number of carbonyl (C=O) groups is 3. The summed E-state index contributed by atoms with van der Waals surface area (Å²) in [5, 5.41) is 12.9. The van der Waals surface area contributed by atoms with Crippen molar-refractivity contribution in [1.82, 2.24) is 5.32 Å². The van der Waals surface area contributed by atoms with Crippen LogP contribution in [0.5, 0.6) is 5.75 Å². The minimum Gasteiger partial charge on any atom is -0.487 e. The number of nitrogens with one attached hydrogen (secondary N) is 1. The van der Waals surface area contributed by atoms with Crippen LogP contribution < -0.4 is 19.9 Å². The first-order valence-corrected chi connectivity index (χ1v) is 14.1. The number of carboxylic acid groups (broad SMARTS) is 1. The Morgan fingerprint density at radius 2 is 1.73 bits per heavy atom. The van der Waals surface area contributed by atoms with Crippen molar-refractivity contribution in [3.8, 4) is 5.75 Å². The Labute approximate surface area is 255 Å². The number of ether oxygens (including phenoxy) is 2. The van der Waals surface area contributed by atoms with Crippen LogP contribution >= 0.6 is 0 Å². The highest BCUT2D eigenvalue weighted by Crippen LogP contribution is 2.46. The largest absolute Gasteiger partial charge is 0.487 e. The standard InChI is InChI=1S/C30H33F6N3O6/c1-28(2,3)45-23(40)15-38(26(41)30(34,35)36)25-22(44-16-17-7-5-4-6-8-17)10-21-20(24(25)31)9-19(39(21)27(42)43)14-37-13-18-11-29(32,33)12-18/h4-8,10,18-19,37H,9,11-16H2,1-3H3,(H,42,43)/t19-/m1/s1. The van der Waals surface area contributed by atoms with Crippen molar-refractivity contribution in [1.29, 1.82) is 0 Å². The molecule has 0 unspecified atom stereocenters. The zero-order valence-corrected chi connectivity index (χ0v) is 24.7. The van der Waals surface area contributed by atoms with Gasteiger partial charge in [-0.05, 0) is 45.2 Å². The van der Waals surface area contributed by atoms with Crippen LogP contribution in [0.4, 0.5) is 42.5 Å². The van der Waals surface area contributed by atoms with Crippen LogP contribution in [0.1, 0.15) is 44.7 Å². The van der Waals surface area contributed by atoms with Gasteiger partial charge >= 0.3 is 24.1 Å². The van der Waals surface area contributed by atoms with E-state index in [0.717, 1.165) is 11.0 Å². The SMILES string of the molecule is CC(C)(C)OC(=O)CN(C(=O)C(F)(F)F)c1c(OCc2ccccc2)cc2c(c1F)C[C@H](CNCC1CC(F)(F)C1)N2C(=O)O. The molecule has 0 aromatic heterocycles. The normalized spacial score (nSPS) is 17.8. The molecule has 2 aliphatic rings. The molecule has 1 fully saturated rings. The van der Waals surface area contributed by atoms with E-state index in [1.54, 1.807) is 30.3 Å². The van der Waals surface area contributed by atoms with Crippen LogP contribution in [0.2, 0.25) is 0 Å². The fourth-order valence-corrected chi connectivity index (χ4v) is 5.39. The van der Waals surface area contributed by atoms with E-state index in [4.69, 9.17) is 9.47 Å². The zero-order valence-electron chi connectivity index (χ0n) is 24.7. The number of rotatable bonds is 10. The quantitative estimate of drug-likeness (QED) is 0.253. The van der Waals surface area contributed by atoms with Crippen LogP contribution in [0, 0.1) is 11.7 Å². The van der Waals surface area contributed by atoms with Gasteiger partial charge in [0.05, 0.1) is 11.7 Å². The predicted molar refractivity (Wildman–Crippen MR) is 150 cm³/mol. The molecule has 2 aromatic rings. The summed E-state index contributed by atoms with van der Waals surface area (Å²) in [4.78, 5) is 38.3. The average molecular weight is 646 g/mol. The maximum absolute atomic E-state index is 16.4. The number of benzene rings is 2. The van der Waals surface area contributed by atoms with Crippen molar-refractivity contribution in [3.05, 3.63) is 53.3 Å². The molecule has 0 bridgehead atoms. The molecule has 0 saturated heterocycles. The number of amides is 2. The fraction of sp³-hybridized carbons (Fsp3) is 0.500. The third-order valence-corrected chi connectivity index (χ3v) is 7.24. The lowest BCUT2D eigenvalue weighted by Crippen LogP contribution is -2.46. The molecule has 2 aromatic carbocycles. The van der Waals surface area contributed by atoms with Gasteiger partial charge < -0.3 is 19.9 Å². The second kappa shape index (κ2) is 12.8. The minimum atomic E-state index is -5.54. The van der Waals surface area contributed by atoms with E-state index in [1.807, 2.05) is 0 Å². The molecular weight excluding hydrogens is 612 g/mol. The molecule has 1 heterocycles. The van der Waals surface area contributed by atoms with Crippen LogP contribution in [0.3, 0.4) is 0 Å². The highest BCUT2D eigenvalue weighted by Gasteiger charge is 2.48. The van der Waals surface area contributed by atoms with Crippen molar-refractivity contribution in [2.24, 2.45) is 5.92 Å². The Bertz CT molecular complexity index is 1420. The molecule has 1 aliphatic carbocycles. The molecule has 15 heteroatoms. The number of hydrogen-bond donors (Lipinski definition) is 2. The van der Waals surface area contributed by atoms with Gasteiger partial charge in [-0.2, -0.15) is 13.2 Å². The van der Waals surface area contributed by atoms with E-state index >= 15 is 4.39 Å². The third kappa shape index (κ3) is 8.18. The van der Waals surface area contributed by atoms with Crippen LogP contribution in [0.25, 0.3) is 0 Å². The van der Waals surface area contributed by atoms with Crippen LogP contribution in [-0.2, 0) is 27.4 Å². The van der Waals surface area contributed by atoms with Crippen molar-refractivity contribution >= 4 is 29.3 Å². The van der Waals surface area contributed by atoms with E-state index in [2.05, 4.69) is 5.32 Å². The summed E-state index contributed by atoms with van der Waals surface area (Å²) in [7, 11) is 0. The fourth-order valence-electron chi connectivity index (χ4n) is 5.39. The number of halogens is 6. The van der Waals surface area contributed by atoms with Gasteiger partial charge in [-0.15, -0.1) is 0 Å². The highest BCUT2D eigenvalue weighted by molar-refractivity contribution is 6.03. The van der Waals surface area contributed by atoms with Gasteiger partial charge in [-0.1, -0.05) is 30.3 Å². The lowest BCUT2D eigenvalue weighted by Gasteiger charge is -2.35. The molecule has 246 valence electrons. The molecule has 1 saturated carbocycles. The first-order valence-electron chi connectivity index (χ1n) is 14.1. The maximum Gasteiger partial charge on any atom is 0.471 e. The Hall–Kier alpha value is -4.01. The summed E-state index contributed by atoms with van der Waals surface area (Å²) in [6.07, 6.45) is -8.02. The van der Waals surface area contributed by atoms with Crippen molar-refractivity contribution in [2.75, 3.05) is 29.4 Å². The molecule has 0 radical (unpaired) electrons. The first kappa shape index (κ1) is 33.9. The Balaban J connectivity index is 1.74. The Morgan fingerprint density at radius 1 is 1.09 bits per heavy atom. The minimum absolute atomic E-state index is 0.0822. The number of esters is 1. The van der Waals surface area contributed by atoms with Crippen molar-refractivity contribution < 1.29 is 55.3 Å². The first-order chi connectivity index (χ1) is 20.9. The van der Waals surface area contributed by atoms with Gasteiger partial charge in [0.15, 0.2) is 5.82 Å². The number of fused-ring (bicyclic) bond motifs is 1. The zero-order chi connectivity index (χ0) is 33.3. The second-order valence-corrected chi connectivity index (χ2v) is 12.1. The summed E-state index contributed by atoms with van der Waals surface area (Å²) in [5.41, 5.74) is -2.20. The molecule has 45 heavy (non-hydrogen) atoms. The van der Waals surface area contributed by atoms with E-state index in [9.17, 15) is 41.4 Å².